The maximum Gasteiger partial charge on any atom is 0.330 e. The summed E-state index contributed by atoms with van der Waals surface area (Å²) in [6.45, 7) is 0. The molecule has 0 heterocycles. The van der Waals surface area contributed by atoms with Gasteiger partial charge in [-0.2, -0.15) is 22.8 Å². The molecule has 4 aromatic carbocycles. The van der Waals surface area contributed by atoms with Gasteiger partial charge in [-0.15, -0.1) is 0 Å². The number of ether oxygens (including phenoxy) is 2. The number of para-hydroxylation sites is 1. The number of carbonyl (C=O) groups excluding carboxylic acids is 1. The van der Waals surface area contributed by atoms with Crippen molar-refractivity contribution >= 4 is 16.7 Å². The smallest absolute Gasteiger partial charge is 0.330 e. The predicted molar refractivity (Wildman–Crippen MR) is 128 cm³/mol. The number of alkyl halides is 4. The minimum Gasteiger partial charge on any atom is -0.457 e. The van der Waals surface area contributed by atoms with Crippen LogP contribution in [0.1, 0.15) is 23.7 Å². The van der Waals surface area contributed by atoms with E-state index in [-0.39, 0.29) is 11.1 Å². The molecule has 0 saturated heterocycles. The Balaban J connectivity index is 1.48. The van der Waals surface area contributed by atoms with Crippen molar-refractivity contribution in [2.24, 2.45) is 0 Å². The molecule has 8 heteroatoms. The van der Waals surface area contributed by atoms with Crippen LogP contribution in [-0.4, -0.2) is 17.8 Å². The normalized spacial score (nSPS) is 20.3. The first-order valence-corrected chi connectivity index (χ1v) is 11.4. The molecule has 0 bridgehead atoms. The van der Waals surface area contributed by atoms with Gasteiger partial charge in [-0.25, -0.2) is 0 Å². The number of nitriles is 1. The Morgan fingerprint density at radius 3 is 2.16 bits per heavy atom. The number of benzene rings is 4. The van der Waals surface area contributed by atoms with Crippen LogP contribution in [0, 0.1) is 11.3 Å². The monoisotopic (exact) mass is 505 g/mol. The molecule has 4 aromatic rings. The second-order valence-corrected chi connectivity index (χ2v) is 8.82. The minimum absolute atomic E-state index is 0.146. The fourth-order valence-corrected chi connectivity index (χ4v) is 4.56. The van der Waals surface area contributed by atoms with Gasteiger partial charge in [0.25, 0.3) is 0 Å². The molecular formula is C29H19F4NO3. The first-order chi connectivity index (χ1) is 17.7. The zero-order valence-corrected chi connectivity index (χ0v) is 19.2. The second-order valence-electron chi connectivity index (χ2n) is 8.82. The van der Waals surface area contributed by atoms with E-state index in [1.54, 1.807) is 66.7 Å². The van der Waals surface area contributed by atoms with E-state index in [9.17, 15) is 18.8 Å². The van der Waals surface area contributed by atoms with E-state index in [1.807, 2.05) is 0 Å². The van der Waals surface area contributed by atoms with Crippen LogP contribution in [0.2, 0.25) is 0 Å². The summed E-state index contributed by atoms with van der Waals surface area (Å²) in [7, 11) is 0. The van der Waals surface area contributed by atoms with Crippen molar-refractivity contribution in [2.45, 2.75) is 29.8 Å². The summed E-state index contributed by atoms with van der Waals surface area (Å²) < 4.78 is 69.4. The number of hydrogen-bond acceptors (Lipinski definition) is 4. The Bertz CT molecular complexity index is 1520. The molecule has 1 saturated carbocycles. The van der Waals surface area contributed by atoms with Crippen LogP contribution in [0.4, 0.5) is 17.6 Å². The molecule has 2 unspecified atom stereocenters. The Morgan fingerprint density at radius 2 is 1.49 bits per heavy atom. The first kappa shape index (κ1) is 24.3. The van der Waals surface area contributed by atoms with Crippen molar-refractivity contribution in [1.82, 2.24) is 0 Å². The molecule has 186 valence electrons. The summed E-state index contributed by atoms with van der Waals surface area (Å²) in [6.07, 6.45) is -3.08. The Kier molecular flexibility index (Phi) is 5.87. The average molecular weight is 505 g/mol. The number of esters is 1. The molecule has 0 spiro atoms. The lowest BCUT2D eigenvalue weighted by atomic mass is 9.58. The number of fused-ring (bicyclic) bond motifs is 1. The first-order valence-electron chi connectivity index (χ1n) is 11.4. The Hall–Kier alpha value is -4.38. The average Bonchev–Trinajstić information content (AvgIpc) is 2.90. The van der Waals surface area contributed by atoms with Gasteiger partial charge in [0.15, 0.2) is 5.41 Å². The summed E-state index contributed by atoms with van der Waals surface area (Å²) in [5, 5.41) is 10.9. The van der Waals surface area contributed by atoms with E-state index < -0.39 is 35.8 Å². The van der Waals surface area contributed by atoms with Crippen molar-refractivity contribution in [2.75, 3.05) is 0 Å². The predicted octanol–water partition coefficient (Wildman–Crippen LogP) is 7.35. The number of hydrogen-bond donors (Lipinski definition) is 0. The fourth-order valence-electron chi connectivity index (χ4n) is 4.56. The minimum atomic E-state index is -4.72. The van der Waals surface area contributed by atoms with Crippen LogP contribution in [0.15, 0.2) is 97.1 Å². The molecule has 0 radical (unpaired) electrons. The summed E-state index contributed by atoms with van der Waals surface area (Å²) in [6, 6.07) is 27.3. The third-order valence-corrected chi connectivity index (χ3v) is 6.56. The molecule has 1 aliphatic rings. The lowest BCUT2D eigenvalue weighted by molar-refractivity contribution is -0.324. The topological polar surface area (TPSA) is 59.3 Å². The molecule has 37 heavy (non-hydrogen) atoms. The molecule has 0 aliphatic heterocycles. The van der Waals surface area contributed by atoms with Gasteiger partial charge in [0.1, 0.15) is 17.6 Å². The van der Waals surface area contributed by atoms with Crippen LogP contribution < -0.4 is 4.74 Å². The number of carbonyl (C=O) groups is 1. The van der Waals surface area contributed by atoms with Crippen molar-refractivity contribution < 1.29 is 31.8 Å². The van der Waals surface area contributed by atoms with Gasteiger partial charge in [-0.1, -0.05) is 66.7 Å². The van der Waals surface area contributed by atoms with Crippen molar-refractivity contribution in [3.8, 4) is 17.6 Å². The standard InChI is InChI=1S/C29H19F4NO3/c30-28(31)18-27(29(28,32)33,22-14-13-19-7-4-5-8-20(19)15-22)26(35)37-25(17-34)21-9-6-12-24(16-21)36-23-10-2-1-3-11-23/h1-16,25H,18H2. The fraction of sp³-hybridized carbons (Fsp3) is 0.172. The third kappa shape index (κ3) is 3.97. The largest absolute Gasteiger partial charge is 0.457 e. The molecule has 1 aliphatic carbocycles. The van der Waals surface area contributed by atoms with E-state index in [2.05, 4.69) is 0 Å². The van der Waals surface area contributed by atoms with Gasteiger partial charge in [0.2, 0.25) is 6.10 Å². The second kappa shape index (κ2) is 8.93. The highest BCUT2D eigenvalue weighted by Gasteiger charge is 2.84. The third-order valence-electron chi connectivity index (χ3n) is 6.56. The van der Waals surface area contributed by atoms with Crippen LogP contribution in [-0.2, 0) is 14.9 Å². The van der Waals surface area contributed by atoms with Crippen LogP contribution in [0.25, 0.3) is 10.8 Å². The number of nitrogens with zero attached hydrogens (tertiary/aromatic N) is 1. The highest BCUT2D eigenvalue weighted by atomic mass is 19.3. The van der Waals surface area contributed by atoms with Gasteiger partial charge >= 0.3 is 17.8 Å². The maximum atomic E-state index is 15.1. The highest BCUT2D eigenvalue weighted by Crippen LogP contribution is 2.64. The maximum absolute atomic E-state index is 15.1. The summed E-state index contributed by atoms with van der Waals surface area (Å²) in [5.74, 6) is -9.91. The van der Waals surface area contributed by atoms with Crippen molar-refractivity contribution in [3.05, 3.63) is 108 Å². The quantitative estimate of drug-likeness (QED) is 0.203. The van der Waals surface area contributed by atoms with Gasteiger partial charge in [0, 0.05) is 12.0 Å². The van der Waals surface area contributed by atoms with E-state index in [4.69, 9.17) is 9.47 Å². The lowest BCUT2D eigenvalue weighted by Gasteiger charge is -2.52. The number of rotatable bonds is 6. The zero-order valence-electron chi connectivity index (χ0n) is 19.2. The van der Waals surface area contributed by atoms with Gasteiger partial charge < -0.3 is 9.47 Å². The Morgan fingerprint density at radius 1 is 0.811 bits per heavy atom. The number of halogens is 4. The zero-order chi connectivity index (χ0) is 26.3. The van der Waals surface area contributed by atoms with Crippen molar-refractivity contribution in [1.29, 1.82) is 5.26 Å². The van der Waals surface area contributed by atoms with Crippen LogP contribution in [0.5, 0.6) is 11.5 Å². The van der Waals surface area contributed by atoms with Gasteiger partial charge in [0.05, 0.1) is 0 Å². The van der Waals surface area contributed by atoms with E-state index >= 15 is 8.78 Å². The van der Waals surface area contributed by atoms with Gasteiger partial charge in [-0.05, 0) is 46.7 Å². The Labute approximate surface area is 209 Å². The van der Waals surface area contributed by atoms with Gasteiger partial charge in [-0.3, -0.25) is 4.79 Å². The molecular weight excluding hydrogens is 486 g/mol. The summed E-state index contributed by atoms with van der Waals surface area (Å²) in [4.78, 5) is 13.3. The molecule has 0 aromatic heterocycles. The molecule has 5 rings (SSSR count). The molecule has 2 atom stereocenters. The summed E-state index contributed by atoms with van der Waals surface area (Å²) in [5.41, 5.74) is -3.11. The molecule has 1 fully saturated rings. The highest BCUT2D eigenvalue weighted by molar-refractivity contribution is 5.91. The van der Waals surface area contributed by atoms with E-state index in [0.717, 1.165) is 0 Å². The van der Waals surface area contributed by atoms with E-state index in [1.165, 1.54) is 36.4 Å². The lowest BCUT2D eigenvalue weighted by Crippen LogP contribution is -2.72. The SMILES string of the molecule is N#CC(OC(=O)C1(c2ccc3ccccc3c2)CC(F)(F)C1(F)F)c1cccc(Oc2ccccc2)c1. The van der Waals surface area contributed by atoms with Crippen molar-refractivity contribution in [3.63, 3.8) is 0 Å². The molecule has 0 N–H and O–H groups in total. The molecule has 0 amide bonds. The molecule has 4 nitrogen and oxygen atoms in total. The van der Waals surface area contributed by atoms with Crippen LogP contribution >= 0.6 is 0 Å². The van der Waals surface area contributed by atoms with Crippen LogP contribution in [0.3, 0.4) is 0 Å². The summed E-state index contributed by atoms with van der Waals surface area (Å²) >= 11 is 0. The van der Waals surface area contributed by atoms with E-state index in [0.29, 0.717) is 22.3 Å².